The molecule has 0 aliphatic rings. The van der Waals surface area contributed by atoms with Crippen molar-refractivity contribution in [2.24, 2.45) is 5.73 Å². The van der Waals surface area contributed by atoms with E-state index < -0.39 is 9.84 Å². The molecule has 0 atom stereocenters. The third-order valence-electron chi connectivity index (χ3n) is 2.63. The predicted octanol–water partition coefficient (Wildman–Crippen LogP) is 0.991. The summed E-state index contributed by atoms with van der Waals surface area (Å²) in [5.74, 6) is -0.0184. The highest BCUT2D eigenvalue weighted by Crippen LogP contribution is 2.13. The molecule has 19 heavy (non-hydrogen) atoms. The van der Waals surface area contributed by atoms with Gasteiger partial charge >= 0.3 is 0 Å². The number of benzene rings is 1. The van der Waals surface area contributed by atoms with E-state index in [9.17, 15) is 8.42 Å². The van der Waals surface area contributed by atoms with Gasteiger partial charge in [0.25, 0.3) is 0 Å². The second kappa shape index (κ2) is 5.50. The van der Waals surface area contributed by atoms with Crippen LogP contribution >= 0.6 is 12.2 Å². The van der Waals surface area contributed by atoms with Gasteiger partial charge in [-0.2, -0.15) is 5.10 Å². The molecule has 0 aliphatic heterocycles. The Kier molecular flexibility index (Phi) is 3.96. The first-order valence-electron chi connectivity index (χ1n) is 5.59. The zero-order chi connectivity index (χ0) is 13.9. The minimum Gasteiger partial charge on any atom is -0.389 e. The van der Waals surface area contributed by atoms with Gasteiger partial charge in [-0.1, -0.05) is 24.4 Å². The molecule has 0 aliphatic carbocycles. The Morgan fingerprint density at radius 2 is 2.16 bits per heavy atom. The summed E-state index contributed by atoms with van der Waals surface area (Å²) in [4.78, 5) is 0.411. The molecule has 2 rings (SSSR count). The summed E-state index contributed by atoms with van der Waals surface area (Å²) in [6.07, 6.45) is 3.33. The number of aromatic nitrogens is 2. The molecule has 0 radical (unpaired) electrons. The lowest BCUT2D eigenvalue weighted by molar-refractivity contribution is 0.580. The monoisotopic (exact) mass is 295 g/mol. The molecule has 2 N–H and O–H groups in total. The standard InChI is InChI=1S/C12H13N3O2S2/c13-12(18)10-3-1-4-11(9-10)19(16,17)8-7-15-6-2-5-14-15/h1-6,9H,7-8H2,(H2,13,18). The maximum atomic E-state index is 12.2. The van der Waals surface area contributed by atoms with E-state index in [0.29, 0.717) is 12.1 Å². The Labute approximate surface area is 117 Å². The molecular weight excluding hydrogens is 282 g/mol. The maximum Gasteiger partial charge on any atom is 0.180 e. The van der Waals surface area contributed by atoms with Crippen LogP contribution in [0, 0.1) is 0 Å². The second-order valence-electron chi connectivity index (χ2n) is 3.98. The SMILES string of the molecule is NC(=S)c1cccc(S(=O)(=O)CCn2cccn2)c1. The number of nitrogens with two attached hydrogens (primary N) is 1. The van der Waals surface area contributed by atoms with Crippen molar-refractivity contribution in [2.75, 3.05) is 5.75 Å². The van der Waals surface area contributed by atoms with E-state index in [1.165, 1.54) is 6.07 Å². The number of sulfone groups is 1. The molecule has 7 heteroatoms. The molecular formula is C12H13N3O2S2. The summed E-state index contributed by atoms with van der Waals surface area (Å²) >= 11 is 4.84. The van der Waals surface area contributed by atoms with Crippen molar-refractivity contribution in [3.8, 4) is 0 Å². The van der Waals surface area contributed by atoms with Gasteiger partial charge in [-0.3, -0.25) is 4.68 Å². The lowest BCUT2D eigenvalue weighted by atomic mass is 10.2. The Morgan fingerprint density at radius 1 is 1.37 bits per heavy atom. The molecule has 2 aromatic rings. The fourth-order valence-corrected chi connectivity index (χ4v) is 2.99. The minimum absolute atomic E-state index is 0.0184. The molecule has 0 bridgehead atoms. The van der Waals surface area contributed by atoms with Crippen molar-refractivity contribution < 1.29 is 8.42 Å². The van der Waals surface area contributed by atoms with Crippen molar-refractivity contribution in [3.63, 3.8) is 0 Å². The Morgan fingerprint density at radius 3 is 2.79 bits per heavy atom. The molecule has 0 unspecified atom stereocenters. The van der Waals surface area contributed by atoms with E-state index in [-0.39, 0.29) is 15.6 Å². The molecule has 0 saturated heterocycles. The third-order valence-corrected chi connectivity index (χ3v) is 4.55. The normalized spacial score (nSPS) is 11.4. The lowest BCUT2D eigenvalue weighted by Gasteiger charge is -2.06. The zero-order valence-electron chi connectivity index (χ0n) is 10.1. The molecule has 0 fully saturated rings. The summed E-state index contributed by atoms with van der Waals surface area (Å²) in [7, 11) is -3.37. The fourth-order valence-electron chi connectivity index (χ4n) is 1.61. The van der Waals surface area contributed by atoms with Crippen LogP contribution in [0.5, 0.6) is 0 Å². The highest BCUT2D eigenvalue weighted by Gasteiger charge is 2.15. The first kappa shape index (κ1) is 13.7. The van der Waals surface area contributed by atoms with Crippen LogP contribution in [0.25, 0.3) is 0 Å². The van der Waals surface area contributed by atoms with Gasteiger partial charge in [0.1, 0.15) is 4.99 Å². The van der Waals surface area contributed by atoms with Crippen LogP contribution in [-0.2, 0) is 16.4 Å². The van der Waals surface area contributed by atoms with Crippen molar-refractivity contribution in [1.82, 2.24) is 9.78 Å². The van der Waals surface area contributed by atoms with Crippen molar-refractivity contribution in [1.29, 1.82) is 0 Å². The van der Waals surface area contributed by atoms with Gasteiger partial charge in [0.15, 0.2) is 9.84 Å². The maximum absolute atomic E-state index is 12.2. The van der Waals surface area contributed by atoms with Crippen LogP contribution < -0.4 is 5.73 Å². The molecule has 1 aromatic heterocycles. The number of hydrogen-bond donors (Lipinski definition) is 1. The Bertz CT molecular complexity index is 679. The number of rotatable bonds is 5. The smallest absolute Gasteiger partial charge is 0.180 e. The van der Waals surface area contributed by atoms with Gasteiger partial charge in [-0.25, -0.2) is 8.42 Å². The van der Waals surface area contributed by atoms with Gasteiger partial charge in [-0.05, 0) is 18.2 Å². The molecule has 0 spiro atoms. The van der Waals surface area contributed by atoms with Gasteiger partial charge in [0.05, 0.1) is 17.2 Å². The summed E-state index contributed by atoms with van der Waals surface area (Å²) in [5.41, 5.74) is 6.05. The number of aryl methyl sites for hydroxylation is 1. The van der Waals surface area contributed by atoms with Gasteiger partial charge < -0.3 is 5.73 Å². The Balaban J connectivity index is 2.19. The average molecular weight is 295 g/mol. The van der Waals surface area contributed by atoms with Gasteiger partial charge in [0, 0.05) is 18.0 Å². The summed E-state index contributed by atoms with van der Waals surface area (Å²) in [6.45, 7) is 0.312. The summed E-state index contributed by atoms with van der Waals surface area (Å²) in [5, 5.41) is 3.97. The summed E-state index contributed by atoms with van der Waals surface area (Å²) < 4.78 is 25.9. The van der Waals surface area contributed by atoms with E-state index in [4.69, 9.17) is 18.0 Å². The van der Waals surface area contributed by atoms with E-state index in [1.54, 1.807) is 41.3 Å². The van der Waals surface area contributed by atoms with Crippen LogP contribution in [0.15, 0.2) is 47.6 Å². The van der Waals surface area contributed by atoms with Crippen LogP contribution in [0.2, 0.25) is 0 Å². The van der Waals surface area contributed by atoms with E-state index in [0.717, 1.165) is 0 Å². The fraction of sp³-hybridized carbons (Fsp3) is 0.167. The zero-order valence-corrected chi connectivity index (χ0v) is 11.7. The predicted molar refractivity (Wildman–Crippen MR) is 76.6 cm³/mol. The average Bonchev–Trinajstić information content (AvgIpc) is 2.90. The van der Waals surface area contributed by atoms with Gasteiger partial charge in [-0.15, -0.1) is 0 Å². The molecule has 1 heterocycles. The number of thiocarbonyl (C=S) groups is 1. The topological polar surface area (TPSA) is 78.0 Å². The highest BCUT2D eigenvalue weighted by atomic mass is 32.2. The molecule has 1 aromatic carbocycles. The minimum atomic E-state index is -3.37. The van der Waals surface area contributed by atoms with Crippen LogP contribution in [0.4, 0.5) is 0 Å². The number of nitrogens with zero attached hydrogens (tertiary/aromatic N) is 2. The van der Waals surface area contributed by atoms with Crippen molar-refractivity contribution in [2.45, 2.75) is 11.4 Å². The molecule has 100 valence electrons. The lowest BCUT2D eigenvalue weighted by Crippen LogP contribution is -2.15. The largest absolute Gasteiger partial charge is 0.389 e. The van der Waals surface area contributed by atoms with Gasteiger partial charge in [0.2, 0.25) is 0 Å². The highest BCUT2D eigenvalue weighted by molar-refractivity contribution is 7.91. The van der Waals surface area contributed by atoms with E-state index in [1.807, 2.05) is 0 Å². The second-order valence-corrected chi connectivity index (χ2v) is 6.53. The first-order valence-corrected chi connectivity index (χ1v) is 7.65. The van der Waals surface area contributed by atoms with E-state index >= 15 is 0 Å². The van der Waals surface area contributed by atoms with E-state index in [2.05, 4.69) is 5.10 Å². The molecule has 0 saturated carbocycles. The summed E-state index contributed by atoms with van der Waals surface area (Å²) in [6, 6.07) is 8.12. The van der Waals surface area contributed by atoms with Crippen LogP contribution in [0.3, 0.4) is 0 Å². The Hall–Kier alpha value is -1.73. The van der Waals surface area contributed by atoms with Crippen LogP contribution in [-0.4, -0.2) is 28.9 Å². The molecule has 0 amide bonds. The third kappa shape index (κ3) is 3.39. The van der Waals surface area contributed by atoms with Crippen molar-refractivity contribution in [3.05, 3.63) is 48.3 Å². The van der Waals surface area contributed by atoms with Crippen LogP contribution in [0.1, 0.15) is 5.56 Å². The van der Waals surface area contributed by atoms with Crippen molar-refractivity contribution >= 4 is 27.0 Å². The first-order chi connectivity index (χ1) is 8.99. The quantitative estimate of drug-likeness (QED) is 0.832. The molecule has 5 nitrogen and oxygen atoms in total. The number of hydrogen-bond acceptors (Lipinski definition) is 4.